The molecule has 1 saturated heterocycles. The van der Waals surface area contributed by atoms with Gasteiger partial charge < -0.3 is 14.8 Å². The van der Waals surface area contributed by atoms with E-state index < -0.39 is 0 Å². The van der Waals surface area contributed by atoms with Gasteiger partial charge >= 0.3 is 0 Å². The van der Waals surface area contributed by atoms with Crippen LogP contribution in [0.15, 0.2) is 24.3 Å². The summed E-state index contributed by atoms with van der Waals surface area (Å²) in [6, 6.07) is 8.34. The van der Waals surface area contributed by atoms with Gasteiger partial charge in [0.15, 0.2) is 0 Å². The van der Waals surface area contributed by atoms with E-state index in [1.54, 1.807) is 0 Å². The minimum atomic E-state index is 0.245. The molecule has 106 valence electrons. The Bertz CT molecular complexity index is 364. The van der Waals surface area contributed by atoms with Crippen LogP contribution in [-0.2, 0) is 11.2 Å². The van der Waals surface area contributed by atoms with Gasteiger partial charge in [-0.2, -0.15) is 0 Å². The molecule has 0 saturated carbocycles. The highest BCUT2D eigenvalue weighted by Gasteiger charge is 2.25. The lowest BCUT2D eigenvalue weighted by Gasteiger charge is -2.15. The van der Waals surface area contributed by atoms with Crippen molar-refractivity contribution in [1.82, 2.24) is 5.32 Å². The van der Waals surface area contributed by atoms with Gasteiger partial charge in [0.1, 0.15) is 12.4 Å². The molecule has 1 N–H and O–H groups in total. The fourth-order valence-electron chi connectivity index (χ4n) is 2.37. The second-order valence-corrected chi connectivity index (χ2v) is 5.07. The van der Waals surface area contributed by atoms with Crippen molar-refractivity contribution in [3.63, 3.8) is 0 Å². The van der Waals surface area contributed by atoms with Crippen LogP contribution in [0.3, 0.4) is 0 Å². The molecule has 0 aliphatic carbocycles. The molecule has 0 aromatic heterocycles. The molecule has 1 aromatic rings. The van der Waals surface area contributed by atoms with Gasteiger partial charge in [0.2, 0.25) is 0 Å². The SMILES string of the molecule is CCNCC1CCC(COc2ccc(CC)cc2)O1. The van der Waals surface area contributed by atoms with Crippen molar-refractivity contribution in [2.75, 3.05) is 19.7 Å². The number of hydrogen-bond acceptors (Lipinski definition) is 3. The van der Waals surface area contributed by atoms with E-state index in [0.717, 1.165) is 38.1 Å². The molecular formula is C16H25NO2. The monoisotopic (exact) mass is 263 g/mol. The Morgan fingerprint density at radius 1 is 1.16 bits per heavy atom. The van der Waals surface area contributed by atoms with Crippen LogP contribution in [0.4, 0.5) is 0 Å². The van der Waals surface area contributed by atoms with Crippen molar-refractivity contribution in [3.8, 4) is 5.75 Å². The van der Waals surface area contributed by atoms with Gasteiger partial charge in [0.05, 0.1) is 12.2 Å². The summed E-state index contributed by atoms with van der Waals surface area (Å²) in [6.07, 6.45) is 3.90. The number of hydrogen-bond donors (Lipinski definition) is 1. The van der Waals surface area contributed by atoms with Crippen LogP contribution < -0.4 is 10.1 Å². The van der Waals surface area contributed by atoms with Crippen LogP contribution in [0.5, 0.6) is 5.75 Å². The van der Waals surface area contributed by atoms with Crippen LogP contribution in [0.1, 0.15) is 32.3 Å². The number of ether oxygens (including phenoxy) is 2. The molecule has 19 heavy (non-hydrogen) atoms. The third-order valence-electron chi connectivity index (χ3n) is 3.59. The third-order valence-corrected chi connectivity index (χ3v) is 3.59. The molecule has 2 rings (SSSR count). The van der Waals surface area contributed by atoms with Crippen molar-refractivity contribution in [2.45, 2.75) is 45.3 Å². The van der Waals surface area contributed by atoms with Gasteiger partial charge in [-0.05, 0) is 43.5 Å². The molecule has 2 unspecified atom stereocenters. The molecule has 1 aliphatic rings. The topological polar surface area (TPSA) is 30.5 Å². The minimum Gasteiger partial charge on any atom is -0.491 e. The van der Waals surface area contributed by atoms with E-state index in [-0.39, 0.29) is 6.10 Å². The predicted octanol–water partition coefficient (Wildman–Crippen LogP) is 2.78. The molecule has 0 amide bonds. The summed E-state index contributed by atoms with van der Waals surface area (Å²) >= 11 is 0. The van der Waals surface area contributed by atoms with E-state index in [2.05, 4.69) is 31.3 Å². The Hall–Kier alpha value is -1.06. The quantitative estimate of drug-likeness (QED) is 0.820. The van der Waals surface area contributed by atoms with Crippen molar-refractivity contribution >= 4 is 0 Å². The molecule has 3 nitrogen and oxygen atoms in total. The van der Waals surface area contributed by atoms with Crippen molar-refractivity contribution in [2.24, 2.45) is 0 Å². The molecule has 0 radical (unpaired) electrons. The highest BCUT2D eigenvalue weighted by Crippen LogP contribution is 2.21. The van der Waals surface area contributed by atoms with E-state index in [9.17, 15) is 0 Å². The van der Waals surface area contributed by atoms with Crippen molar-refractivity contribution in [1.29, 1.82) is 0 Å². The molecule has 2 atom stereocenters. The van der Waals surface area contributed by atoms with Crippen LogP contribution in [0.2, 0.25) is 0 Å². The number of rotatable bonds is 7. The number of likely N-dealkylation sites (N-methyl/N-ethyl adjacent to an activating group) is 1. The van der Waals surface area contributed by atoms with Gasteiger partial charge in [-0.1, -0.05) is 26.0 Å². The maximum Gasteiger partial charge on any atom is 0.119 e. The van der Waals surface area contributed by atoms with E-state index in [4.69, 9.17) is 9.47 Å². The van der Waals surface area contributed by atoms with Crippen LogP contribution >= 0.6 is 0 Å². The zero-order chi connectivity index (χ0) is 13.5. The highest BCUT2D eigenvalue weighted by atomic mass is 16.5. The Labute approximate surface area is 116 Å². The maximum absolute atomic E-state index is 5.94. The smallest absolute Gasteiger partial charge is 0.119 e. The summed E-state index contributed by atoms with van der Waals surface area (Å²) in [7, 11) is 0. The molecule has 1 aliphatic heterocycles. The zero-order valence-electron chi connectivity index (χ0n) is 12.0. The van der Waals surface area contributed by atoms with E-state index >= 15 is 0 Å². The van der Waals surface area contributed by atoms with E-state index in [0.29, 0.717) is 12.7 Å². The summed E-state index contributed by atoms with van der Waals surface area (Å²) in [4.78, 5) is 0. The van der Waals surface area contributed by atoms with Crippen LogP contribution in [0, 0.1) is 0 Å². The maximum atomic E-state index is 5.94. The Morgan fingerprint density at radius 3 is 2.58 bits per heavy atom. The van der Waals surface area contributed by atoms with Gasteiger partial charge in [-0.25, -0.2) is 0 Å². The van der Waals surface area contributed by atoms with E-state index in [1.165, 1.54) is 5.56 Å². The highest BCUT2D eigenvalue weighted by molar-refractivity contribution is 5.27. The zero-order valence-corrected chi connectivity index (χ0v) is 12.0. The lowest BCUT2D eigenvalue weighted by molar-refractivity contribution is 0.0188. The number of nitrogens with one attached hydrogen (secondary N) is 1. The molecule has 0 spiro atoms. The third kappa shape index (κ3) is 4.51. The lowest BCUT2D eigenvalue weighted by Crippen LogP contribution is -2.28. The number of aryl methyl sites for hydroxylation is 1. The molecule has 1 heterocycles. The first-order chi connectivity index (χ1) is 9.31. The van der Waals surface area contributed by atoms with Crippen LogP contribution in [0.25, 0.3) is 0 Å². The largest absolute Gasteiger partial charge is 0.491 e. The fourth-order valence-corrected chi connectivity index (χ4v) is 2.37. The second-order valence-electron chi connectivity index (χ2n) is 5.07. The van der Waals surface area contributed by atoms with Gasteiger partial charge in [0, 0.05) is 6.54 Å². The minimum absolute atomic E-state index is 0.245. The molecule has 0 bridgehead atoms. The Morgan fingerprint density at radius 2 is 1.89 bits per heavy atom. The molecule has 1 aromatic carbocycles. The first-order valence-electron chi connectivity index (χ1n) is 7.39. The average Bonchev–Trinajstić information content (AvgIpc) is 2.91. The van der Waals surface area contributed by atoms with Gasteiger partial charge in [-0.15, -0.1) is 0 Å². The molecule has 1 fully saturated rings. The summed E-state index contributed by atoms with van der Waals surface area (Å²) in [5.74, 6) is 0.941. The van der Waals surface area contributed by atoms with Crippen molar-refractivity contribution < 1.29 is 9.47 Å². The number of benzene rings is 1. The van der Waals surface area contributed by atoms with Gasteiger partial charge in [-0.3, -0.25) is 0 Å². The Kier molecular flexibility index (Phi) is 5.67. The standard InChI is InChI=1S/C16H25NO2/c1-3-13-5-7-14(8-6-13)18-12-16-10-9-15(19-16)11-17-4-2/h5-8,15-17H,3-4,9-12H2,1-2H3. The van der Waals surface area contributed by atoms with E-state index in [1.807, 2.05) is 12.1 Å². The van der Waals surface area contributed by atoms with Gasteiger partial charge in [0.25, 0.3) is 0 Å². The van der Waals surface area contributed by atoms with Crippen LogP contribution in [-0.4, -0.2) is 31.9 Å². The summed E-state index contributed by atoms with van der Waals surface area (Å²) in [6.45, 7) is 6.90. The first kappa shape index (κ1) is 14.4. The summed E-state index contributed by atoms with van der Waals surface area (Å²) < 4.78 is 11.7. The molecule has 3 heteroatoms. The average molecular weight is 263 g/mol. The first-order valence-corrected chi connectivity index (χ1v) is 7.39. The Balaban J connectivity index is 1.70. The molecular weight excluding hydrogens is 238 g/mol. The summed E-state index contributed by atoms with van der Waals surface area (Å²) in [5, 5.41) is 3.33. The fraction of sp³-hybridized carbons (Fsp3) is 0.625. The summed E-state index contributed by atoms with van der Waals surface area (Å²) in [5.41, 5.74) is 1.34. The predicted molar refractivity (Wildman–Crippen MR) is 77.8 cm³/mol. The lowest BCUT2D eigenvalue weighted by atomic mass is 10.2. The normalized spacial score (nSPS) is 22.6. The second kappa shape index (κ2) is 7.51. The van der Waals surface area contributed by atoms with Crippen molar-refractivity contribution in [3.05, 3.63) is 29.8 Å².